The van der Waals surface area contributed by atoms with E-state index < -0.39 is 0 Å². The first-order valence-corrected chi connectivity index (χ1v) is 7.14. The van der Waals surface area contributed by atoms with E-state index in [1.165, 1.54) is 0 Å². The summed E-state index contributed by atoms with van der Waals surface area (Å²) in [7, 11) is 0. The maximum Gasteiger partial charge on any atom is 0.315 e. The van der Waals surface area contributed by atoms with Crippen LogP contribution in [0.5, 0.6) is 0 Å². The van der Waals surface area contributed by atoms with E-state index in [1.54, 1.807) is 24.3 Å². The fourth-order valence-electron chi connectivity index (χ4n) is 1.48. The second-order valence-corrected chi connectivity index (χ2v) is 4.65. The van der Waals surface area contributed by atoms with Crippen molar-refractivity contribution in [3.63, 3.8) is 0 Å². The number of halogens is 1. The van der Waals surface area contributed by atoms with E-state index in [4.69, 9.17) is 16.3 Å². The van der Waals surface area contributed by atoms with E-state index in [1.807, 2.05) is 6.92 Å². The second-order valence-electron chi connectivity index (χ2n) is 4.22. The molecule has 0 unspecified atom stereocenters. The van der Waals surface area contributed by atoms with Gasteiger partial charge in [0, 0.05) is 30.5 Å². The van der Waals surface area contributed by atoms with Gasteiger partial charge in [0.2, 0.25) is 5.91 Å². The Bertz CT molecular complexity index is 451. The minimum Gasteiger partial charge on any atom is -0.382 e. The van der Waals surface area contributed by atoms with Crippen molar-refractivity contribution in [2.24, 2.45) is 0 Å². The van der Waals surface area contributed by atoms with Crippen LogP contribution in [0.2, 0.25) is 5.02 Å². The molecule has 1 aromatic rings. The molecule has 7 heteroatoms. The van der Waals surface area contributed by atoms with E-state index in [2.05, 4.69) is 16.0 Å². The molecule has 0 saturated heterocycles. The summed E-state index contributed by atoms with van der Waals surface area (Å²) in [6.07, 6.45) is 0.734. The Morgan fingerprint density at radius 2 is 1.90 bits per heavy atom. The third-order valence-corrected chi connectivity index (χ3v) is 2.74. The number of benzene rings is 1. The van der Waals surface area contributed by atoms with Crippen molar-refractivity contribution in [3.05, 3.63) is 29.3 Å². The summed E-state index contributed by atoms with van der Waals surface area (Å²) >= 11 is 5.74. The normalized spacial score (nSPS) is 10.0. The highest BCUT2D eigenvalue weighted by Crippen LogP contribution is 2.12. The molecular weight excluding hydrogens is 294 g/mol. The van der Waals surface area contributed by atoms with Crippen LogP contribution in [0.15, 0.2) is 24.3 Å². The number of anilines is 1. The molecule has 6 nitrogen and oxygen atoms in total. The van der Waals surface area contributed by atoms with Crippen molar-refractivity contribution in [2.75, 3.05) is 31.6 Å². The van der Waals surface area contributed by atoms with Crippen molar-refractivity contribution in [3.8, 4) is 0 Å². The minimum absolute atomic E-state index is 0.0973. The molecule has 0 aromatic heterocycles. The average molecular weight is 314 g/mol. The maximum absolute atomic E-state index is 11.6. The Morgan fingerprint density at radius 3 is 2.57 bits per heavy atom. The van der Waals surface area contributed by atoms with Crippen LogP contribution in [-0.2, 0) is 9.53 Å². The van der Waals surface area contributed by atoms with Gasteiger partial charge in [-0.3, -0.25) is 4.79 Å². The van der Waals surface area contributed by atoms with Gasteiger partial charge in [-0.2, -0.15) is 0 Å². The molecule has 3 amide bonds. The quantitative estimate of drug-likeness (QED) is 0.642. The smallest absolute Gasteiger partial charge is 0.315 e. The topological polar surface area (TPSA) is 79.5 Å². The zero-order valence-electron chi connectivity index (χ0n) is 11.9. The van der Waals surface area contributed by atoms with Crippen molar-refractivity contribution < 1.29 is 14.3 Å². The fraction of sp³-hybridized carbons (Fsp3) is 0.429. The Kier molecular flexibility index (Phi) is 8.23. The van der Waals surface area contributed by atoms with Crippen LogP contribution in [0.1, 0.15) is 13.3 Å². The minimum atomic E-state index is -0.377. The lowest BCUT2D eigenvalue weighted by Gasteiger charge is -2.08. The standard InChI is InChI=1S/C14H20ClN3O3/c1-2-21-9-3-8-16-14(20)17-10-13(19)18-12-6-4-11(15)5-7-12/h4-7H,2-3,8-10H2,1H3,(H,18,19)(H2,16,17,20). The highest BCUT2D eigenvalue weighted by Gasteiger charge is 2.05. The van der Waals surface area contributed by atoms with Gasteiger partial charge in [-0.1, -0.05) is 11.6 Å². The van der Waals surface area contributed by atoms with Gasteiger partial charge < -0.3 is 20.7 Å². The molecule has 0 spiro atoms. The lowest BCUT2D eigenvalue weighted by atomic mass is 10.3. The molecule has 0 atom stereocenters. The van der Waals surface area contributed by atoms with Crippen molar-refractivity contribution >= 4 is 29.2 Å². The van der Waals surface area contributed by atoms with Crippen LogP contribution < -0.4 is 16.0 Å². The number of urea groups is 1. The second kappa shape index (κ2) is 10.0. The molecule has 0 aliphatic heterocycles. The van der Waals surface area contributed by atoms with Gasteiger partial charge in [0.15, 0.2) is 0 Å². The lowest BCUT2D eigenvalue weighted by molar-refractivity contribution is -0.115. The van der Waals surface area contributed by atoms with Crippen LogP contribution in [-0.4, -0.2) is 38.2 Å². The number of hydrogen-bond donors (Lipinski definition) is 3. The van der Waals surface area contributed by atoms with Gasteiger partial charge >= 0.3 is 6.03 Å². The number of ether oxygens (including phenoxy) is 1. The molecule has 0 aliphatic carbocycles. The van der Waals surface area contributed by atoms with Gasteiger partial charge in [-0.05, 0) is 37.6 Å². The number of carbonyl (C=O) groups excluding carboxylic acids is 2. The summed E-state index contributed by atoms with van der Waals surface area (Å²) in [5.41, 5.74) is 0.628. The van der Waals surface area contributed by atoms with E-state index in [0.717, 1.165) is 6.42 Å². The van der Waals surface area contributed by atoms with Crippen LogP contribution in [0, 0.1) is 0 Å². The van der Waals surface area contributed by atoms with Crippen LogP contribution in [0.25, 0.3) is 0 Å². The molecule has 0 aliphatic rings. The van der Waals surface area contributed by atoms with Gasteiger partial charge in [-0.25, -0.2) is 4.79 Å². The number of rotatable bonds is 8. The zero-order valence-corrected chi connectivity index (χ0v) is 12.7. The lowest BCUT2D eigenvalue weighted by Crippen LogP contribution is -2.40. The SMILES string of the molecule is CCOCCCNC(=O)NCC(=O)Nc1ccc(Cl)cc1. The van der Waals surface area contributed by atoms with Crippen LogP contribution >= 0.6 is 11.6 Å². The van der Waals surface area contributed by atoms with Crippen molar-refractivity contribution in [1.82, 2.24) is 10.6 Å². The zero-order chi connectivity index (χ0) is 15.5. The van der Waals surface area contributed by atoms with Gasteiger partial charge in [0.05, 0.1) is 6.54 Å². The molecule has 0 fully saturated rings. The molecule has 0 saturated carbocycles. The molecule has 1 rings (SSSR count). The molecule has 0 radical (unpaired) electrons. The molecule has 116 valence electrons. The molecule has 1 aromatic carbocycles. The van der Waals surface area contributed by atoms with Crippen LogP contribution in [0.4, 0.5) is 10.5 Å². The number of nitrogens with one attached hydrogen (secondary N) is 3. The monoisotopic (exact) mass is 313 g/mol. The highest BCUT2D eigenvalue weighted by atomic mass is 35.5. The molecule has 0 heterocycles. The summed E-state index contributed by atoms with van der Waals surface area (Å²) < 4.78 is 5.14. The predicted molar refractivity (Wildman–Crippen MR) is 82.6 cm³/mol. The first-order chi connectivity index (χ1) is 10.1. The van der Waals surface area contributed by atoms with Crippen molar-refractivity contribution in [1.29, 1.82) is 0 Å². The largest absolute Gasteiger partial charge is 0.382 e. The first kappa shape index (κ1) is 17.3. The Labute approximate surface area is 129 Å². The van der Waals surface area contributed by atoms with E-state index in [0.29, 0.717) is 30.5 Å². The summed E-state index contributed by atoms with van der Waals surface area (Å²) in [4.78, 5) is 23.0. The van der Waals surface area contributed by atoms with Gasteiger partial charge in [-0.15, -0.1) is 0 Å². The third kappa shape index (κ3) is 8.16. The van der Waals surface area contributed by atoms with Crippen LogP contribution in [0.3, 0.4) is 0 Å². The number of hydrogen-bond acceptors (Lipinski definition) is 3. The van der Waals surface area contributed by atoms with E-state index >= 15 is 0 Å². The molecule has 3 N–H and O–H groups in total. The Hall–Kier alpha value is -1.79. The number of amides is 3. The summed E-state index contributed by atoms with van der Waals surface area (Å²) in [6, 6.07) is 6.35. The molecule has 21 heavy (non-hydrogen) atoms. The fourth-order valence-corrected chi connectivity index (χ4v) is 1.61. The average Bonchev–Trinajstić information content (AvgIpc) is 2.47. The maximum atomic E-state index is 11.6. The first-order valence-electron chi connectivity index (χ1n) is 6.76. The summed E-state index contributed by atoms with van der Waals surface area (Å²) in [5, 5.41) is 8.36. The Morgan fingerprint density at radius 1 is 1.19 bits per heavy atom. The van der Waals surface area contributed by atoms with E-state index in [9.17, 15) is 9.59 Å². The molecule has 0 bridgehead atoms. The third-order valence-electron chi connectivity index (χ3n) is 2.49. The number of carbonyl (C=O) groups is 2. The Balaban J connectivity index is 2.14. The summed E-state index contributed by atoms with van der Waals surface area (Å²) in [5.74, 6) is -0.304. The van der Waals surface area contributed by atoms with Gasteiger partial charge in [0.25, 0.3) is 0 Å². The van der Waals surface area contributed by atoms with Crippen molar-refractivity contribution in [2.45, 2.75) is 13.3 Å². The highest BCUT2D eigenvalue weighted by molar-refractivity contribution is 6.30. The summed E-state index contributed by atoms with van der Waals surface area (Å²) in [6.45, 7) is 3.59. The molecular formula is C14H20ClN3O3. The van der Waals surface area contributed by atoms with E-state index in [-0.39, 0.29) is 18.5 Å². The van der Waals surface area contributed by atoms with Gasteiger partial charge in [0.1, 0.15) is 0 Å². The predicted octanol–water partition coefficient (Wildman–Crippen LogP) is 2.00.